The number of ether oxygens (including phenoxy) is 1. The summed E-state index contributed by atoms with van der Waals surface area (Å²) in [5.74, 6) is 2.25. The fourth-order valence-electron chi connectivity index (χ4n) is 4.03. The Morgan fingerprint density at radius 3 is 2.65 bits per heavy atom. The smallest absolute Gasteiger partial charge is 0.339 e. The number of fused-ring (bicyclic) bond motifs is 1. The van der Waals surface area contributed by atoms with Crippen LogP contribution in [0.3, 0.4) is 0 Å². The van der Waals surface area contributed by atoms with E-state index in [2.05, 4.69) is 56.0 Å². The van der Waals surface area contributed by atoms with Crippen molar-refractivity contribution in [2.45, 2.75) is 39.5 Å². The third kappa shape index (κ3) is 3.94. The van der Waals surface area contributed by atoms with E-state index in [4.69, 9.17) is 11.2 Å². The SMILES string of the molecule is C#Cc1cc(-c2ccc3c(c2)C(c2ncc(C)s2)=CCC3(C)C)ccc1C(=O)OCC. The number of rotatable bonds is 4. The molecule has 0 bridgehead atoms. The van der Waals surface area contributed by atoms with E-state index in [0.29, 0.717) is 17.7 Å². The number of hydrogen-bond acceptors (Lipinski definition) is 4. The van der Waals surface area contributed by atoms with Gasteiger partial charge < -0.3 is 4.74 Å². The van der Waals surface area contributed by atoms with Crippen LogP contribution in [-0.2, 0) is 10.2 Å². The Morgan fingerprint density at radius 1 is 1.23 bits per heavy atom. The highest BCUT2D eigenvalue weighted by molar-refractivity contribution is 7.12. The van der Waals surface area contributed by atoms with Gasteiger partial charge in [-0.25, -0.2) is 9.78 Å². The molecule has 0 fully saturated rings. The lowest BCUT2D eigenvalue weighted by Gasteiger charge is -2.32. The van der Waals surface area contributed by atoms with Crippen LogP contribution >= 0.6 is 11.3 Å². The summed E-state index contributed by atoms with van der Waals surface area (Å²) in [6, 6.07) is 12.1. The highest BCUT2D eigenvalue weighted by Crippen LogP contribution is 2.43. The van der Waals surface area contributed by atoms with E-state index in [-0.39, 0.29) is 5.41 Å². The van der Waals surface area contributed by atoms with Crippen LogP contribution < -0.4 is 0 Å². The molecule has 0 spiro atoms. The minimum atomic E-state index is -0.390. The van der Waals surface area contributed by atoms with Crippen LogP contribution in [0.2, 0.25) is 0 Å². The van der Waals surface area contributed by atoms with Gasteiger partial charge in [-0.1, -0.05) is 44.0 Å². The number of thiazole rings is 1. The number of hydrogen-bond donors (Lipinski definition) is 0. The van der Waals surface area contributed by atoms with Crippen molar-refractivity contribution in [3.8, 4) is 23.5 Å². The molecule has 0 radical (unpaired) electrons. The third-order valence-corrected chi connectivity index (χ3v) is 6.66. The topological polar surface area (TPSA) is 39.2 Å². The quantitative estimate of drug-likeness (QED) is 0.358. The van der Waals surface area contributed by atoms with E-state index in [1.165, 1.54) is 21.6 Å². The monoisotopic (exact) mass is 427 g/mol. The van der Waals surface area contributed by atoms with Crippen molar-refractivity contribution in [3.05, 3.63) is 80.8 Å². The van der Waals surface area contributed by atoms with Crippen LogP contribution in [0.5, 0.6) is 0 Å². The lowest BCUT2D eigenvalue weighted by Crippen LogP contribution is -2.21. The molecular formula is C27H25NO2S. The molecular weight excluding hydrogens is 402 g/mol. The van der Waals surface area contributed by atoms with E-state index < -0.39 is 5.97 Å². The van der Waals surface area contributed by atoms with Crippen LogP contribution in [0, 0.1) is 19.3 Å². The molecule has 1 aromatic heterocycles. The summed E-state index contributed by atoms with van der Waals surface area (Å²) in [4.78, 5) is 18.0. The number of terminal acetylenes is 1. The van der Waals surface area contributed by atoms with Crippen molar-refractivity contribution < 1.29 is 9.53 Å². The Morgan fingerprint density at radius 2 is 1.97 bits per heavy atom. The highest BCUT2D eigenvalue weighted by Gasteiger charge is 2.29. The summed E-state index contributed by atoms with van der Waals surface area (Å²) >= 11 is 1.72. The second-order valence-corrected chi connectivity index (χ2v) is 9.60. The largest absolute Gasteiger partial charge is 0.462 e. The molecule has 0 atom stereocenters. The van der Waals surface area contributed by atoms with Crippen molar-refractivity contribution in [3.63, 3.8) is 0 Å². The van der Waals surface area contributed by atoms with Gasteiger partial charge in [-0.05, 0) is 66.1 Å². The molecule has 3 nitrogen and oxygen atoms in total. The fourth-order valence-corrected chi connectivity index (χ4v) is 4.84. The highest BCUT2D eigenvalue weighted by atomic mass is 32.1. The maximum Gasteiger partial charge on any atom is 0.339 e. The summed E-state index contributed by atoms with van der Waals surface area (Å²) in [6.45, 7) is 8.73. The lowest BCUT2D eigenvalue weighted by atomic mass is 9.73. The third-order valence-electron chi connectivity index (χ3n) is 5.71. The van der Waals surface area contributed by atoms with Crippen LogP contribution in [0.25, 0.3) is 16.7 Å². The number of esters is 1. The molecule has 156 valence electrons. The molecule has 31 heavy (non-hydrogen) atoms. The van der Waals surface area contributed by atoms with Crippen molar-refractivity contribution in [1.82, 2.24) is 4.98 Å². The van der Waals surface area contributed by atoms with Gasteiger partial charge in [0.2, 0.25) is 0 Å². The van der Waals surface area contributed by atoms with E-state index in [9.17, 15) is 4.79 Å². The first-order valence-corrected chi connectivity index (χ1v) is 11.2. The Hall–Kier alpha value is -3.16. The van der Waals surface area contributed by atoms with Gasteiger partial charge in [0.1, 0.15) is 5.01 Å². The van der Waals surface area contributed by atoms with E-state index in [1.807, 2.05) is 18.3 Å². The minimum absolute atomic E-state index is 0.0570. The molecule has 3 aromatic rings. The van der Waals surface area contributed by atoms with Crippen molar-refractivity contribution in [1.29, 1.82) is 0 Å². The Balaban J connectivity index is 1.81. The summed E-state index contributed by atoms with van der Waals surface area (Å²) in [6.07, 6.45) is 10.9. The van der Waals surface area contributed by atoms with E-state index in [1.54, 1.807) is 24.3 Å². The molecule has 0 aliphatic heterocycles. The predicted molar refractivity (Wildman–Crippen MR) is 127 cm³/mol. The van der Waals surface area contributed by atoms with Crippen molar-refractivity contribution in [2.75, 3.05) is 6.61 Å². The van der Waals surface area contributed by atoms with Crippen LogP contribution in [0.15, 0.2) is 48.7 Å². The molecule has 0 amide bonds. The number of aryl methyl sites for hydroxylation is 1. The molecule has 1 aliphatic rings. The molecule has 0 N–H and O–H groups in total. The van der Waals surface area contributed by atoms with Gasteiger partial charge in [0.15, 0.2) is 0 Å². The maximum absolute atomic E-state index is 12.2. The van der Waals surface area contributed by atoms with Gasteiger partial charge in [-0.3, -0.25) is 0 Å². The molecule has 0 saturated carbocycles. The zero-order valence-electron chi connectivity index (χ0n) is 18.3. The van der Waals surface area contributed by atoms with Crippen molar-refractivity contribution >= 4 is 22.9 Å². The lowest BCUT2D eigenvalue weighted by molar-refractivity contribution is 0.0526. The molecule has 4 heteroatoms. The standard InChI is InChI=1S/C27H25NO2S/c1-6-18-14-19(8-10-21(18)26(29)30-7-2)20-9-11-24-23(15-20)22(12-13-27(24,4)5)25-28-16-17(3)31-25/h1,8-12,14-16H,7,13H2,2-5H3. The second-order valence-electron chi connectivity index (χ2n) is 8.37. The van der Waals surface area contributed by atoms with Crippen LogP contribution in [0.4, 0.5) is 0 Å². The van der Waals surface area contributed by atoms with Crippen LogP contribution in [-0.4, -0.2) is 17.6 Å². The Bertz CT molecular complexity index is 1240. The maximum atomic E-state index is 12.2. The number of benzene rings is 2. The van der Waals surface area contributed by atoms with E-state index in [0.717, 1.165) is 22.6 Å². The van der Waals surface area contributed by atoms with Crippen LogP contribution in [0.1, 0.15) is 64.1 Å². The number of carbonyl (C=O) groups excluding carboxylic acids is 1. The van der Waals surface area contributed by atoms with Crippen molar-refractivity contribution in [2.24, 2.45) is 0 Å². The number of nitrogens with zero attached hydrogens (tertiary/aromatic N) is 1. The molecule has 0 saturated heterocycles. The molecule has 1 heterocycles. The molecule has 4 rings (SSSR count). The zero-order chi connectivity index (χ0) is 22.2. The van der Waals surface area contributed by atoms with Gasteiger partial charge in [0.05, 0.1) is 12.2 Å². The Labute approximate surface area is 187 Å². The van der Waals surface area contributed by atoms with E-state index >= 15 is 0 Å². The predicted octanol–water partition coefficient (Wildman–Crippen LogP) is 6.39. The molecule has 2 aromatic carbocycles. The first-order valence-electron chi connectivity index (χ1n) is 10.4. The van der Waals surface area contributed by atoms with Gasteiger partial charge in [0.25, 0.3) is 0 Å². The molecule has 1 aliphatic carbocycles. The summed E-state index contributed by atoms with van der Waals surface area (Å²) < 4.78 is 5.13. The number of aromatic nitrogens is 1. The average molecular weight is 428 g/mol. The average Bonchev–Trinajstić information content (AvgIpc) is 3.19. The first-order chi connectivity index (χ1) is 14.8. The minimum Gasteiger partial charge on any atom is -0.462 e. The normalized spacial score (nSPS) is 14.4. The second kappa shape index (κ2) is 8.17. The molecule has 0 unspecified atom stereocenters. The summed E-state index contributed by atoms with van der Waals surface area (Å²) in [7, 11) is 0. The summed E-state index contributed by atoms with van der Waals surface area (Å²) in [5.41, 5.74) is 6.77. The Kier molecular flexibility index (Phi) is 5.56. The first kappa shape index (κ1) is 21.1. The zero-order valence-corrected chi connectivity index (χ0v) is 19.1. The number of carbonyl (C=O) groups is 1. The van der Waals surface area contributed by atoms with Gasteiger partial charge in [-0.2, -0.15) is 0 Å². The number of allylic oxidation sites excluding steroid dienone is 1. The fraction of sp³-hybridized carbons (Fsp3) is 0.259. The van der Waals surface area contributed by atoms with Gasteiger partial charge in [0, 0.05) is 22.2 Å². The van der Waals surface area contributed by atoms with Gasteiger partial charge >= 0.3 is 5.97 Å². The van der Waals surface area contributed by atoms with Gasteiger partial charge in [-0.15, -0.1) is 17.8 Å². The summed E-state index contributed by atoms with van der Waals surface area (Å²) in [5, 5.41) is 1.05.